The second-order valence-corrected chi connectivity index (χ2v) is 7.45. The summed E-state index contributed by atoms with van der Waals surface area (Å²) in [5, 5.41) is 7.60. The van der Waals surface area contributed by atoms with Gasteiger partial charge in [-0.25, -0.2) is 4.68 Å². The first-order chi connectivity index (χ1) is 14.0. The molecular formula is C23H24N4O2. The van der Waals surface area contributed by atoms with Crippen LogP contribution in [0.4, 0.5) is 0 Å². The predicted octanol–water partition coefficient (Wildman–Crippen LogP) is 2.99. The average molecular weight is 388 g/mol. The van der Waals surface area contributed by atoms with Gasteiger partial charge in [-0.05, 0) is 49.1 Å². The van der Waals surface area contributed by atoms with Gasteiger partial charge in [-0.2, -0.15) is 5.10 Å². The number of amides is 2. The molecule has 0 unspecified atom stereocenters. The van der Waals surface area contributed by atoms with E-state index < -0.39 is 0 Å². The van der Waals surface area contributed by atoms with Crippen molar-refractivity contribution in [1.29, 1.82) is 0 Å². The maximum absolute atomic E-state index is 12.8. The first-order valence-electron chi connectivity index (χ1n) is 9.79. The Balaban J connectivity index is 1.49. The van der Waals surface area contributed by atoms with E-state index in [1.807, 2.05) is 47.1 Å². The van der Waals surface area contributed by atoms with Crippen LogP contribution < -0.4 is 5.32 Å². The molecule has 1 N–H and O–H groups in total. The molecule has 6 nitrogen and oxygen atoms in total. The number of rotatable bonds is 5. The summed E-state index contributed by atoms with van der Waals surface area (Å²) >= 11 is 0. The highest BCUT2D eigenvalue weighted by atomic mass is 16.2. The van der Waals surface area contributed by atoms with E-state index in [0.717, 1.165) is 41.8 Å². The first kappa shape index (κ1) is 18.9. The van der Waals surface area contributed by atoms with Crippen molar-refractivity contribution in [3.63, 3.8) is 0 Å². The summed E-state index contributed by atoms with van der Waals surface area (Å²) in [6, 6.07) is 17.2. The lowest BCUT2D eigenvalue weighted by atomic mass is 10.1. The van der Waals surface area contributed by atoms with Gasteiger partial charge in [0.1, 0.15) is 0 Å². The Morgan fingerprint density at radius 2 is 1.76 bits per heavy atom. The fourth-order valence-corrected chi connectivity index (χ4v) is 3.69. The van der Waals surface area contributed by atoms with Gasteiger partial charge in [-0.15, -0.1) is 0 Å². The van der Waals surface area contributed by atoms with E-state index in [1.54, 1.807) is 31.1 Å². The molecule has 0 spiro atoms. The van der Waals surface area contributed by atoms with Crippen LogP contribution in [0.5, 0.6) is 0 Å². The SMILES string of the molecule is CN(C)C(=O)c1ccc(CNC(=O)c2nn(-c3ccccc3)c3c2CCC3)cc1. The molecule has 4 rings (SSSR count). The molecule has 0 radical (unpaired) electrons. The molecule has 3 aromatic rings. The van der Waals surface area contributed by atoms with Gasteiger partial charge in [0.05, 0.1) is 5.69 Å². The highest BCUT2D eigenvalue weighted by Gasteiger charge is 2.26. The van der Waals surface area contributed by atoms with Crippen LogP contribution in [-0.2, 0) is 19.4 Å². The number of fused-ring (bicyclic) bond motifs is 1. The van der Waals surface area contributed by atoms with E-state index >= 15 is 0 Å². The van der Waals surface area contributed by atoms with Gasteiger partial charge in [-0.3, -0.25) is 9.59 Å². The molecule has 6 heteroatoms. The number of nitrogens with one attached hydrogen (secondary N) is 1. The number of aromatic nitrogens is 2. The standard InChI is InChI=1S/C23H24N4O2/c1-26(2)23(29)17-13-11-16(12-14-17)15-24-22(28)21-19-9-6-10-20(19)27(25-21)18-7-4-3-5-8-18/h3-5,7-8,11-14H,6,9-10,15H2,1-2H3,(H,24,28). The molecule has 1 heterocycles. The topological polar surface area (TPSA) is 67.2 Å². The van der Waals surface area contributed by atoms with Crippen LogP contribution in [-0.4, -0.2) is 40.6 Å². The van der Waals surface area contributed by atoms with Crippen molar-refractivity contribution in [3.8, 4) is 5.69 Å². The number of hydrogen-bond acceptors (Lipinski definition) is 3. The zero-order chi connectivity index (χ0) is 20.4. The Morgan fingerprint density at radius 3 is 2.45 bits per heavy atom. The minimum atomic E-state index is -0.161. The molecule has 0 atom stereocenters. The Bertz CT molecular complexity index is 1040. The summed E-state index contributed by atoms with van der Waals surface area (Å²) in [4.78, 5) is 26.4. The third kappa shape index (κ3) is 3.78. The van der Waals surface area contributed by atoms with Gasteiger partial charge in [0.25, 0.3) is 11.8 Å². The summed E-state index contributed by atoms with van der Waals surface area (Å²) in [7, 11) is 3.45. The van der Waals surface area contributed by atoms with E-state index in [-0.39, 0.29) is 11.8 Å². The summed E-state index contributed by atoms with van der Waals surface area (Å²) < 4.78 is 1.90. The largest absolute Gasteiger partial charge is 0.347 e. The molecular weight excluding hydrogens is 364 g/mol. The van der Waals surface area contributed by atoms with Crippen molar-refractivity contribution < 1.29 is 9.59 Å². The number of nitrogens with zero attached hydrogens (tertiary/aromatic N) is 3. The van der Waals surface area contributed by atoms with Crippen LogP contribution in [0.3, 0.4) is 0 Å². The molecule has 0 saturated heterocycles. The Morgan fingerprint density at radius 1 is 1.03 bits per heavy atom. The molecule has 0 bridgehead atoms. The smallest absolute Gasteiger partial charge is 0.272 e. The summed E-state index contributed by atoms with van der Waals surface area (Å²) in [5.41, 5.74) is 5.25. The zero-order valence-corrected chi connectivity index (χ0v) is 16.7. The van der Waals surface area contributed by atoms with Gasteiger partial charge < -0.3 is 10.2 Å². The second-order valence-electron chi connectivity index (χ2n) is 7.45. The van der Waals surface area contributed by atoms with Gasteiger partial charge in [-0.1, -0.05) is 30.3 Å². The summed E-state index contributed by atoms with van der Waals surface area (Å²) in [5.74, 6) is -0.200. The average Bonchev–Trinajstić information content (AvgIpc) is 3.35. The van der Waals surface area contributed by atoms with E-state index in [0.29, 0.717) is 17.8 Å². The second kappa shape index (κ2) is 7.91. The van der Waals surface area contributed by atoms with Crippen molar-refractivity contribution in [3.05, 3.63) is 82.7 Å². The van der Waals surface area contributed by atoms with Gasteiger partial charge in [0, 0.05) is 37.5 Å². The minimum absolute atomic E-state index is 0.0393. The van der Waals surface area contributed by atoms with Gasteiger partial charge >= 0.3 is 0 Å². The first-order valence-corrected chi connectivity index (χ1v) is 9.79. The van der Waals surface area contributed by atoms with Gasteiger partial charge in [0.2, 0.25) is 0 Å². The normalized spacial score (nSPS) is 12.5. The minimum Gasteiger partial charge on any atom is -0.347 e. The molecule has 2 amide bonds. The van der Waals surface area contributed by atoms with E-state index in [1.165, 1.54) is 0 Å². The van der Waals surface area contributed by atoms with Gasteiger partial charge in [0.15, 0.2) is 5.69 Å². The Labute approximate surface area is 170 Å². The Hall–Kier alpha value is -3.41. The van der Waals surface area contributed by atoms with E-state index in [2.05, 4.69) is 10.4 Å². The van der Waals surface area contributed by atoms with Crippen LogP contribution in [0.1, 0.15) is 44.1 Å². The Kier molecular flexibility index (Phi) is 5.16. The molecule has 0 fully saturated rings. The van der Waals surface area contributed by atoms with Crippen molar-refractivity contribution in [2.45, 2.75) is 25.8 Å². The number of carbonyl (C=O) groups excluding carboxylic acids is 2. The van der Waals surface area contributed by atoms with E-state index in [9.17, 15) is 9.59 Å². The molecule has 1 aliphatic rings. The molecule has 29 heavy (non-hydrogen) atoms. The van der Waals surface area contributed by atoms with E-state index in [4.69, 9.17) is 0 Å². The fourth-order valence-electron chi connectivity index (χ4n) is 3.69. The summed E-state index contributed by atoms with van der Waals surface area (Å²) in [6.07, 6.45) is 2.86. The number of carbonyl (C=O) groups is 2. The van der Waals surface area contributed by atoms with Crippen LogP contribution in [0, 0.1) is 0 Å². The zero-order valence-electron chi connectivity index (χ0n) is 16.7. The van der Waals surface area contributed by atoms with Crippen LogP contribution in [0.2, 0.25) is 0 Å². The third-order valence-corrected chi connectivity index (χ3v) is 5.21. The third-order valence-electron chi connectivity index (χ3n) is 5.21. The predicted molar refractivity (Wildman–Crippen MR) is 111 cm³/mol. The lowest BCUT2D eigenvalue weighted by Crippen LogP contribution is -2.24. The van der Waals surface area contributed by atoms with Crippen molar-refractivity contribution in [2.75, 3.05) is 14.1 Å². The van der Waals surface area contributed by atoms with Crippen molar-refractivity contribution in [1.82, 2.24) is 20.0 Å². The molecule has 1 aromatic heterocycles. The van der Waals surface area contributed by atoms with Crippen LogP contribution in [0.25, 0.3) is 5.69 Å². The lowest BCUT2D eigenvalue weighted by Gasteiger charge is -2.10. The number of para-hydroxylation sites is 1. The molecule has 148 valence electrons. The fraction of sp³-hybridized carbons (Fsp3) is 0.261. The maximum Gasteiger partial charge on any atom is 0.272 e. The molecule has 0 aliphatic heterocycles. The summed E-state index contributed by atoms with van der Waals surface area (Å²) in [6.45, 7) is 0.391. The van der Waals surface area contributed by atoms with Crippen LogP contribution in [0.15, 0.2) is 54.6 Å². The maximum atomic E-state index is 12.8. The number of hydrogen-bond donors (Lipinski definition) is 1. The van der Waals surface area contributed by atoms with Crippen molar-refractivity contribution >= 4 is 11.8 Å². The van der Waals surface area contributed by atoms with Crippen molar-refractivity contribution in [2.24, 2.45) is 0 Å². The molecule has 1 aliphatic carbocycles. The van der Waals surface area contributed by atoms with Crippen LogP contribution >= 0.6 is 0 Å². The monoisotopic (exact) mass is 388 g/mol. The number of benzene rings is 2. The quantitative estimate of drug-likeness (QED) is 0.731. The molecule has 0 saturated carbocycles. The highest BCUT2D eigenvalue weighted by Crippen LogP contribution is 2.27. The highest BCUT2D eigenvalue weighted by molar-refractivity contribution is 5.95. The lowest BCUT2D eigenvalue weighted by molar-refractivity contribution is 0.0827. The molecule has 2 aromatic carbocycles.